The third kappa shape index (κ3) is 1.34. The monoisotopic (exact) mass is 263 g/mol. The molecule has 0 saturated heterocycles. The van der Waals surface area contributed by atoms with Crippen molar-refractivity contribution >= 4 is 32.6 Å². The van der Waals surface area contributed by atoms with Crippen LogP contribution in [0.25, 0.3) is 10.9 Å². The molecule has 0 unspecified atom stereocenters. The maximum Gasteiger partial charge on any atom is 0.137 e. The predicted molar refractivity (Wildman–Crippen MR) is 63.0 cm³/mol. The van der Waals surface area contributed by atoms with E-state index >= 15 is 0 Å². The highest BCUT2D eigenvalue weighted by atomic mass is 79.9. The molecule has 76 valence electrons. The average Bonchev–Trinajstić information content (AvgIpc) is 2.58. The minimum Gasteiger partial charge on any atom is -0.357 e. The van der Waals surface area contributed by atoms with Gasteiger partial charge in [-0.2, -0.15) is 0 Å². The van der Waals surface area contributed by atoms with Crippen LogP contribution in [0.2, 0.25) is 0 Å². The van der Waals surface area contributed by atoms with Gasteiger partial charge in [-0.05, 0) is 34.0 Å². The first-order chi connectivity index (χ1) is 7.25. The zero-order valence-electron chi connectivity index (χ0n) is 8.14. The Morgan fingerprint density at radius 1 is 1.27 bits per heavy atom. The van der Waals surface area contributed by atoms with Crippen molar-refractivity contribution in [2.45, 2.75) is 19.3 Å². The number of nitrogens with one attached hydrogen (secondary N) is 1. The van der Waals surface area contributed by atoms with Gasteiger partial charge in [-0.3, -0.25) is 4.79 Å². The fraction of sp³-hybridized carbons (Fsp3) is 0.250. The number of carbonyl (C=O) groups is 1. The Hall–Kier alpha value is -1.09. The molecule has 0 bridgehead atoms. The van der Waals surface area contributed by atoms with Crippen LogP contribution in [0.5, 0.6) is 0 Å². The predicted octanol–water partition coefficient (Wildman–Crippen LogP) is 2.99. The number of aryl methyl sites for hydroxylation is 1. The smallest absolute Gasteiger partial charge is 0.137 e. The molecule has 0 radical (unpaired) electrons. The lowest BCUT2D eigenvalue weighted by molar-refractivity contribution is -0.118. The van der Waals surface area contributed by atoms with Crippen molar-refractivity contribution in [3.63, 3.8) is 0 Å². The zero-order chi connectivity index (χ0) is 10.4. The Balaban J connectivity index is 2.33. The minimum absolute atomic E-state index is 0.350. The Bertz CT molecular complexity index is 556. The van der Waals surface area contributed by atoms with Crippen molar-refractivity contribution in [3.8, 4) is 0 Å². The van der Waals surface area contributed by atoms with Gasteiger partial charge >= 0.3 is 0 Å². The number of H-pyrrole nitrogens is 1. The van der Waals surface area contributed by atoms with Crippen molar-refractivity contribution in [3.05, 3.63) is 33.9 Å². The van der Waals surface area contributed by atoms with Gasteiger partial charge in [-0.15, -0.1) is 0 Å². The van der Waals surface area contributed by atoms with Gasteiger partial charge in [0.2, 0.25) is 0 Å². The number of Topliss-reactive ketones (excluding diaryl/α,β-unsaturated/α-hetero) is 1. The summed E-state index contributed by atoms with van der Waals surface area (Å²) in [4.78, 5) is 14.8. The molecule has 0 aliphatic heterocycles. The summed E-state index contributed by atoms with van der Waals surface area (Å²) in [5.41, 5.74) is 3.55. The topological polar surface area (TPSA) is 32.9 Å². The van der Waals surface area contributed by atoms with E-state index in [-0.39, 0.29) is 0 Å². The summed E-state index contributed by atoms with van der Waals surface area (Å²) in [5, 5.41) is 1.19. The molecule has 1 aromatic heterocycles. The molecule has 2 aromatic rings. The molecule has 2 nitrogen and oxygen atoms in total. The summed E-state index contributed by atoms with van der Waals surface area (Å²) in [6.45, 7) is 0. The van der Waals surface area contributed by atoms with Crippen LogP contribution < -0.4 is 0 Å². The number of rotatable bonds is 0. The van der Waals surface area contributed by atoms with Crippen molar-refractivity contribution in [1.82, 2.24) is 4.98 Å². The van der Waals surface area contributed by atoms with Gasteiger partial charge in [0.1, 0.15) is 5.78 Å². The fourth-order valence-electron chi connectivity index (χ4n) is 2.26. The lowest BCUT2D eigenvalue weighted by atomic mass is 9.95. The van der Waals surface area contributed by atoms with Gasteiger partial charge in [0, 0.05) is 28.4 Å². The molecule has 3 rings (SSSR count). The van der Waals surface area contributed by atoms with Gasteiger partial charge in [0.25, 0.3) is 0 Å². The number of aromatic amines is 1. The minimum atomic E-state index is 0.350. The number of carbonyl (C=O) groups excluding carboxylic acids is 1. The van der Waals surface area contributed by atoms with Crippen molar-refractivity contribution < 1.29 is 4.79 Å². The molecule has 1 aromatic carbocycles. The zero-order valence-corrected chi connectivity index (χ0v) is 9.73. The summed E-state index contributed by atoms with van der Waals surface area (Å²) in [7, 11) is 0. The van der Waals surface area contributed by atoms with Crippen LogP contribution in [-0.4, -0.2) is 10.8 Å². The van der Waals surface area contributed by atoms with Crippen molar-refractivity contribution in [1.29, 1.82) is 0 Å². The number of ketones is 1. The highest BCUT2D eigenvalue weighted by Gasteiger charge is 2.20. The quantitative estimate of drug-likeness (QED) is 0.779. The van der Waals surface area contributed by atoms with E-state index in [0.717, 1.165) is 16.4 Å². The molecular formula is C12H10BrNO. The number of hydrogen-bond acceptors (Lipinski definition) is 1. The molecule has 0 fully saturated rings. The Kier molecular flexibility index (Phi) is 1.96. The van der Waals surface area contributed by atoms with Gasteiger partial charge in [0.05, 0.1) is 5.52 Å². The van der Waals surface area contributed by atoms with E-state index in [9.17, 15) is 4.79 Å². The summed E-state index contributed by atoms with van der Waals surface area (Å²) < 4.78 is 1.07. The summed E-state index contributed by atoms with van der Waals surface area (Å²) in [5.74, 6) is 0.350. The molecule has 0 saturated carbocycles. The molecule has 0 amide bonds. The second-order valence-corrected chi connectivity index (χ2v) is 4.81. The number of halogens is 1. The van der Waals surface area contributed by atoms with E-state index in [1.165, 1.54) is 16.6 Å². The second kappa shape index (κ2) is 3.20. The lowest BCUT2D eigenvalue weighted by Crippen LogP contribution is -2.11. The number of aromatic nitrogens is 1. The van der Waals surface area contributed by atoms with Crippen LogP contribution >= 0.6 is 15.9 Å². The Morgan fingerprint density at radius 2 is 2.13 bits per heavy atom. The normalized spacial score (nSPS) is 15.7. The van der Waals surface area contributed by atoms with Crippen LogP contribution in [0, 0.1) is 0 Å². The fourth-order valence-corrected chi connectivity index (χ4v) is 2.72. The van der Waals surface area contributed by atoms with E-state index < -0.39 is 0 Å². The van der Waals surface area contributed by atoms with Gasteiger partial charge in [-0.25, -0.2) is 0 Å². The summed E-state index contributed by atoms with van der Waals surface area (Å²) in [6, 6.07) is 6.11. The average molecular weight is 264 g/mol. The maximum atomic E-state index is 11.4. The van der Waals surface area contributed by atoms with Crippen LogP contribution in [0.4, 0.5) is 0 Å². The number of fused-ring (bicyclic) bond motifs is 3. The molecule has 1 heterocycles. The first-order valence-corrected chi connectivity index (χ1v) is 5.84. The Morgan fingerprint density at radius 3 is 3.00 bits per heavy atom. The summed E-state index contributed by atoms with van der Waals surface area (Å²) in [6.07, 6.45) is 2.12. The van der Waals surface area contributed by atoms with Gasteiger partial charge in [-0.1, -0.05) is 12.1 Å². The molecule has 1 aliphatic rings. The highest BCUT2D eigenvalue weighted by Crippen LogP contribution is 2.31. The van der Waals surface area contributed by atoms with Crippen LogP contribution in [0.15, 0.2) is 22.7 Å². The second-order valence-electron chi connectivity index (χ2n) is 3.96. The molecular weight excluding hydrogens is 254 g/mol. The maximum absolute atomic E-state index is 11.4. The third-order valence-corrected chi connectivity index (χ3v) is 3.67. The van der Waals surface area contributed by atoms with E-state index in [1.807, 2.05) is 12.1 Å². The first kappa shape index (κ1) is 9.16. The van der Waals surface area contributed by atoms with Crippen LogP contribution in [0.1, 0.15) is 17.7 Å². The van der Waals surface area contributed by atoms with Gasteiger partial charge in [0.15, 0.2) is 0 Å². The molecule has 1 aliphatic carbocycles. The SMILES string of the molecule is O=C1CCc2[nH]c3c(Br)cccc3c2C1. The van der Waals surface area contributed by atoms with Crippen LogP contribution in [0.3, 0.4) is 0 Å². The van der Waals surface area contributed by atoms with E-state index in [4.69, 9.17) is 0 Å². The van der Waals surface area contributed by atoms with E-state index in [2.05, 4.69) is 27.0 Å². The lowest BCUT2D eigenvalue weighted by Gasteiger charge is -2.09. The van der Waals surface area contributed by atoms with Crippen LogP contribution in [-0.2, 0) is 17.6 Å². The molecule has 15 heavy (non-hydrogen) atoms. The Labute approximate surface area is 95.8 Å². The van der Waals surface area contributed by atoms with Crippen molar-refractivity contribution in [2.75, 3.05) is 0 Å². The molecule has 0 atom stereocenters. The molecule has 0 spiro atoms. The highest BCUT2D eigenvalue weighted by molar-refractivity contribution is 9.10. The number of benzene rings is 1. The summed E-state index contributed by atoms with van der Waals surface area (Å²) >= 11 is 3.52. The first-order valence-electron chi connectivity index (χ1n) is 5.05. The third-order valence-electron chi connectivity index (χ3n) is 3.01. The van der Waals surface area contributed by atoms with Gasteiger partial charge < -0.3 is 4.98 Å². The van der Waals surface area contributed by atoms with E-state index in [0.29, 0.717) is 18.6 Å². The largest absolute Gasteiger partial charge is 0.357 e. The number of hydrogen-bond donors (Lipinski definition) is 1. The van der Waals surface area contributed by atoms with Crippen molar-refractivity contribution in [2.24, 2.45) is 0 Å². The molecule has 1 N–H and O–H groups in total. The standard InChI is InChI=1S/C12H10BrNO/c13-10-3-1-2-8-9-6-7(15)4-5-11(9)14-12(8)10/h1-3,14H,4-6H2. The molecule has 3 heteroatoms. The van der Waals surface area contributed by atoms with E-state index in [1.54, 1.807) is 0 Å². The number of para-hydroxylation sites is 1.